The molecule has 1 heterocycles. The number of aliphatic carboxylic acids is 3. The second-order valence-electron chi connectivity index (χ2n) is 8.01. The first-order valence-corrected chi connectivity index (χ1v) is 10.8. The lowest BCUT2D eigenvalue weighted by Gasteiger charge is -2.27. The van der Waals surface area contributed by atoms with Crippen molar-refractivity contribution >= 4 is 35.6 Å². The van der Waals surface area contributed by atoms with Crippen LogP contribution in [0.3, 0.4) is 0 Å². The van der Waals surface area contributed by atoms with E-state index in [0.717, 1.165) is 6.42 Å². The van der Waals surface area contributed by atoms with Crippen LogP contribution in [0.15, 0.2) is 0 Å². The van der Waals surface area contributed by atoms with Gasteiger partial charge in [-0.05, 0) is 31.7 Å². The summed E-state index contributed by atoms with van der Waals surface area (Å²) in [6, 6.07) is -4.71. The zero-order chi connectivity index (χ0) is 25.1. The van der Waals surface area contributed by atoms with Gasteiger partial charge in [0.15, 0.2) is 0 Å². The van der Waals surface area contributed by atoms with E-state index in [0.29, 0.717) is 19.4 Å². The normalized spacial score (nSPS) is 18.9. The first kappa shape index (κ1) is 27.8. The van der Waals surface area contributed by atoms with Crippen LogP contribution in [0.25, 0.3) is 0 Å². The van der Waals surface area contributed by atoms with Gasteiger partial charge in [-0.3, -0.25) is 24.0 Å². The van der Waals surface area contributed by atoms with Gasteiger partial charge in [0.05, 0.1) is 12.5 Å². The number of amides is 3. The molecule has 0 spiro atoms. The molecule has 0 radical (unpaired) electrons. The summed E-state index contributed by atoms with van der Waals surface area (Å²) in [7, 11) is 0. The third-order valence-corrected chi connectivity index (χ3v) is 5.44. The maximum absolute atomic E-state index is 12.9. The second-order valence-corrected chi connectivity index (χ2v) is 8.01. The fourth-order valence-corrected chi connectivity index (χ4v) is 3.31. The standard InChI is InChI=1S/C20H32N4O9/c1-3-10(2)16(24-17(29)11-5-4-8-21-11)19(31)23-13(9-15(27)28)18(30)22-12(20(32)33)6-7-14(25)26/h10-13,16,21H,3-9H2,1-2H3,(H,22,30)(H,23,31)(H,24,29)(H,25,26)(H,27,28)(H,32,33). The predicted molar refractivity (Wildman–Crippen MR) is 113 cm³/mol. The van der Waals surface area contributed by atoms with Crippen molar-refractivity contribution in [1.82, 2.24) is 21.3 Å². The van der Waals surface area contributed by atoms with E-state index in [1.165, 1.54) is 0 Å². The molecular formula is C20H32N4O9. The average Bonchev–Trinajstić information content (AvgIpc) is 3.27. The maximum atomic E-state index is 12.9. The topological polar surface area (TPSA) is 211 Å². The van der Waals surface area contributed by atoms with Gasteiger partial charge < -0.3 is 36.6 Å². The van der Waals surface area contributed by atoms with Crippen molar-refractivity contribution in [2.75, 3.05) is 6.54 Å². The molecule has 0 aliphatic carbocycles. The Morgan fingerprint density at radius 3 is 2.06 bits per heavy atom. The maximum Gasteiger partial charge on any atom is 0.326 e. The summed E-state index contributed by atoms with van der Waals surface area (Å²) < 4.78 is 0. The largest absolute Gasteiger partial charge is 0.481 e. The number of carbonyl (C=O) groups is 6. The molecule has 7 N–H and O–H groups in total. The van der Waals surface area contributed by atoms with Crippen LogP contribution in [0.2, 0.25) is 0 Å². The highest BCUT2D eigenvalue weighted by atomic mass is 16.4. The quantitative estimate of drug-likeness (QED) is 0.158. The molecule has 13 nitrogen and oxygen atoms in total. The molecular weight excluding hydrogens is 440 g/mol. The number of nitrogens with one attached hydrogen (secondary N) is 4. The molecule has 33 heavy (non-hydrogen) atoms. The summed E-state index contributed by atoms with van der Waals surface area (Å²) in [6.07, 6.45) is 0.120. The molecule has 5 atom stereocenters. The second kappa shape index (κ2) is 13.4. The van der Waals surface area contributed by atoms with E-state index in [-0.39, 0.29) is 11.8 Å². The van der Waals surface area contributed by atoms with Crippen LogP contribution < -0.4 is 21.3 Å². The van der Waals surface area contributed by atoms with E-state index in [2.05, 4.69) is 21.3 Å². The molecule has 5 unspecified atom stereocenters. The van der Waals surface area contributed by atoms with E-state index >= 15 is 0 Å². The number of hydrogen-bond donors (Lipinski definition) is 7. The summed E-state index contributed by atoms with van der Waals surface area (Å²) in [5.41, 5.74) is 0. The van der Waals surface area contributed by atoms with Gasteiger partial charge in [0.2, 0.25) is 17.7 Å². The van der Waals surface area contributed by atoms with Crippen molar-refractivity contribution in [3.63, 3.8) is 0 Å². The van der Waals surface area contributed by atoms with Crippen LogP contribution >= 0.6 is 0 Å². The van der Waals surface area contributed by atoms with Crippen LogP contribution in [0.1, 0.15) is 52.4 Å². The lowest BCUT2D eigenvalue weighted by Crippen LogP contribution is -2.58. The molecule has 1 fully saturated rings. The van der Waals surface area contributed by atoms with Crippen molar-refractivity contribution in [2.24, 2.45) is 5.92 Å². The zero-order valence-corrected chi connectivity index (χ0v) is 18.6. The molecule has 0 aromatic carbocycles. The Bertz CT molecular complexity index is 752. The number of carbonyl (C=O) groups excluding carboxylic acids is 3. The molecule has 0 saturated carbocycles. The minimum atomic E-state index is -1.63. The molecule has 0 bridgehead atoms. The van der Waals surface area contributed by atoms with Crippen molar-refractivity contribution in [3.05, 3.63) is 0 Å². The number of carboxylic acid groups (broad SMARTS) is 3. The summed E-state index contributed by atoms with van der Waals surface area (Å²) in [4.78, 5) is 71.2. The summed E-state index contributed by atoms with van der Waals surface area (Å²) in [5, 5.41) is 37.1. The first-order valence-electron chi connectivity index (χ1n) is 10.8. The first-order chi connectivity index (χ1) is 15.5. The molecule has 3 amide bonds. The van der Waals surface area contributed by atoms with Crippen LogP contribution in [0, 0.1) is 5.92 Å². The third-order valence-electron chi connectivity index (χ3n) is 5.44. The van der Waals surface area contributed by atoms with Crippen LogP contribution in [-0.4, -0.2) is 81.7 Å². The van der Waals surface area contributed by atoms with Gasteiger partial charge in [-0.15, -0.1) is 0 Å². The number of carboxylic acids is 3. The minimum Gasteiger partial charge on any atom is -0.481 e. The van der Waals surface area contributed by atoms with Gasteiger partial charge in [0.1, 0.15) is 18.1 Å². The van der Waals surface area contributed by atoms with Crippen molar-refractivity contribution < 1.29 is 44.1 Å². The zero-order valence-electron chi connectivity index (χ0n) is 18.6. The van der Waals surface area contributed by atoms with Crippen molar-refractivity contribution in [3.8, 4) is 0 Å². The van der Waals surface area contributed by atoms with Crippen molar-refractivity contribution in [2.45, 2.75) is 76.5 Å². The molecule has 186 valence electrons. The average molecular weight is 472 g/mol. The van der Waals surface area contributed by atoms with Crippen LogP contribution in [0.4, 0.5) is 0 Å². The Balaban J connectivity index is 2.95. The predicted octanol–water partition coefficient (Wildman–Crippen LogP) is -1.34. The molecule has 1 saturated heterocycles. The van der Waals surface area contributed by atoms with Gasteiger partial charge in [-0.25, -0.2) is 4.79 Å². The van der Waals surface area contributed by atoms with Crippen LogP contribution in [-0.2, 0) is 28.8 Å². The summed E-state index contributed by atoms with van der Waals surface area (Å²) in [6.45, 7) is 4.18. The van der Waals surface area contributed by atoms with Crippen molar-refractivity contribution in [1.29, 1.82) is 0 Å². The lowest BCUT2D eigenvalue weighted by atomic mass is 9.97. The highest BCUT2D eigenvalue weighted by Gasteiger charge is 2.34. The van der Waals surface area contributed by atoms with E-state index < -0.39 is 73.2 Å². The SMILES string of the molecule is CCC(C)C(NC(=O)C1CCCN1)C(=O)NC(CC(=O)O)C(=O)NC(CCC(=O)O)C(=O)O. The van der Waals surface area contributed by atoms with Gasteiger partial charge in [0, 0.05) is 6.42 Å². The Kier molecular flexibility index (Phi) is 11.3. The Morgan fingerprint density at radius 1 is 0.939 bits per heavy atom. The number of rotatable bonds is 14. The Labute approximate surface area is 190 Å². The summed E-state index contributed by atoms with van der Waals surface area (Å²) >= 11 is 0. The fourth-order valence-electron chi connectivity index (χ4n) is 3.31. The van der Waals surface area contributed by atoms with E-state index in [4.69, 9.17) is 10.2 Å². The molecule has 13 heteroatoms. The lowest BCUT2D eigenvalue weighted by molar-refractivity contribution is -0.144. The van der Waals surface area contributed by atoms with Gasteiger partial charge in [0.25, 0.3) is 0 Å². The van der Waals surface area contributed by atoms with Gasteiger partial charge >= 0.3 is 17.9 Å². The van der Waals surface area contributed by atoms with Gasteiger partial charge in [-0.1, -0.05) is 20.3 Å². The molecule has 1 aliphatic heterocycles. The molecule has 0 aromatic rings. The molecule has 1 aliphatic rings. The monoisotopic (exact) mass is 472 g/mol. The Morgan fingerprint density at radius 2 is 1.58 bits per heavy atom. The highest BCUT2D eigenvalue weighted by Crippen LogP contribution is 2.12. The molecule has 1 rings (SSSR count). The fraction of sp³-hybridized carbons (Fsp3) is 0.700. The molecule has 0 aromatic heterocycles. The smallest absolute Gasteiger partial charge is 0.326 e. The van der Waals surface area contributed by atoms with E-state index in [1.54, 1.807) is 13.8 Å². The minimum absolute atomic E-state index is 0.341. The van der Waals surface area contributed by atoms with Crippen LogP contribution in [0.5, 0.6) is 0 Å². The summed E-state index contributed by atoms with van der Waals surface area (Å²) in [5.74, 6) is -6.79. The number of hydrogen-bond acceptors (Lipinski definition) is 7. The van der Waals surface area contributed by atoms with E-state index in [9.17, 15) is 33.9 Å². The highest BCUT2D eigenvalue weighted by molar-refractivity contribution is 5.95. The Hall–Kier alpha value is -3.22. The third kappa shape index (κ3) is 9.43. The van der Waals surface area contributed by atoms with Gasteiger partial charge in [-0.2, -0.15) is 0 Å². The van der Waals surface area contributed by atoms with E-state index in [1.807, 2.05) is 0 Å².